The van der Waals surface area contributed by atoms with Crippen LogP contribution in [0.1, 0.15) is 84.5 Å². The highest BCUT2D eigenvalue weighted by molar-refractivity contribution is 5.96. The molecule has 0 saturated heterocycles. The molecular weight excluding hydrogens is 770 g/mol. The minimum atomic E-state index is -1.69. The van der Waals surface area contributed by atoms with Gasteiger partial charge in [-0.25, -0.2) is 4.79 Å². The van der Waals surface area contributed by atoms with Crippen molar-refractivity contribution in [2.24, 2.45) is 50.3 Å². The van der Waals surface area contributed by atoms with Gasteiger partial charge in [0.2, 0.25) is 35.4 Å². The third-order valence-corrected chi connectivity index (χ3v) is 8.08. The number of guanidine groups is 2. The number of nitrogens with one attached hydrogen (secondary N) is 5. The molecule has 25 nitrogen and oxygen atoms in total. The Balaban J connectivity index is 6.37. The smallest absolute Gasteiger partial charge is 0.326 e. The molecule has 0 fully saturated rings. The highest BCUT2D eigenvalue weighted by Gasteiger charge is 2.33. The first-order valence-electron chi connectivity index (χ1n) is 18.4. The number of carbonyl (C=O) groups is 9. The number of primary amides is 1. The molecule has 0 radical (unpaired) electrons. The summed E-state index contributed by atoms with van der Waals surface area (Å²) < 4.78 is 0. The van der Waals surface area contributed by atoms with Gasteiger partial charge in [-0.1, -0.05) is 13.8 Å². The van der Waals surface area contributed by atoms with Crippen LogP contribution in [0.25, 0.3) is 0 Å². The van der Waals surface area contributed by atoms with E-state index >= 15 is 0 Å². The van der Waals surface area contributed by atoms with E-state index in [-0.39, 0.29) is 63.0 Å². The van der Waals surface area contributed by atoms with Crippen LogP contribution in [0.4, 0.5) is 0 Å². The van der Waals surface area contributed by atoms with Crippen LogP contribution in [0.5, 0.6) is 0 Å². The van der Waals surface area contributed by atoms with Gasteiger partial charge in [-0.05, 0) is 57.3 Å². The first-order valence-corrected chi connectivity index (χ1v) is 18.4. The molecule has 0 unspecified atom stereocenters. The van der Waals surface area contributed by atoms with E-state index in [1.807, 2.05) is 0 Å². The Kier molecular flexibility index (Phi) is 24.4. The summed E-state index contributed by atoms with van der Waals surface area (Å²) >= 11 is 0. The topological polar surface area (TPSA) is 455 Å². The van der Waals surface area contributed by atoms with Gasteiger partial charge >= 0.3 is 17.9 Å². The molecule has 58 heavy (non-hydrogen) atoms. The predicted molar refractivity (Wildman–Crippen MR) is 207 cm³/mol. The second kappa shape index (κ2) is 27.3. The largest absolute Gasteiger partial charge is 0.481 e. The van der Waals surface area contributed by atoms with Crippen molar-refractivity contribution in [1.29, 1.82) is 0 Å². The summed E-state index contributed by atoms with van der Waals surface area (Å²) in [6.07, 6.45) is -2.56. The van der Waals surface area contributed by atoms with E-state index in [0.717, 1.165) is 0 Å². The standard InChI is InChI=1S/C33H59N13O12/c1-16(2)15-22(30(56)44-20(8-11-24(48)49)28(54)45-21(31(57)58)9-12-25(50)51)46-29(55)19(7-10-23(35)47)43-27(53)18(6-4-14-41-33(38)39)42-26(52)17(34)5-3-13-40-32(36)37/h16-22H,3-15,34H2,1-2H3,(H2,35,47)(H,42,52)(H,43,53)(H,44,56)(H,45,54)(H,46,55)(H,48,49)(H,50,51)(H,57,58)(H4,36,37,40)(H4,38,39,41)/t17-,18-,19-,20-,21-,22+/m0/s1. The maximum atomic E-state index is 13.7. The molecule has 0 aliphatic carbocycles. The van der Waals surface area contributed by atoms with E-state index < -0.39 is 122 Å². The number of rotatable bonds is 30. The maximum Gasteiger partial charge on any atom is 0.326 e. The Morgan fingerprint density at radius 3 is 1.28 bits per heavy atom. The molecule has 0 aliphatic rings. The van der Waals surface area contributed by atoms with Crippen molar-refractivity contribution in [2.75, 3.05) is 13.1 Å². The average Bonchev–Trinajstić information content (AvgIpc) is 3.11. The number of hydrogen-bond donors (Lipinski definition) is 14. The number of carboxylic acid groups (broad SMARTS) is 3. The molecule has 0 bridgehead atoms. The van der Waals surface area contributed by atoms with Crippen LogP contribution in [0.15, 0.2) is 9.98 Å². The first-order chi connectivity index (χ1) is 27.0. The second-order valence-electron chi connectivity index (χ2n) is 13.6. The van der Waals surface area contributed by atoms with Crippen molar-refractivity contribution >= 4 is 65.3 Å². The number of nitrogens with zero attached hydrogens (tertiary/aromatic N) is 2. The van der Waals surface area contributed by atoms with Gasteiger partial charge in [0.05, 0.1) is 6.04 Å². The monoisotopic (exact) mass is 829 g/mol. The van der Waals surface area contributed by atoms with Gasteiger partial charge in [-0.3, -0.25) is 48.3 Å². The number of carboxylic acids is 3. The zero-order valence-electron chi connectivity index (χ0n) is 32.6. The van der Waals surface area contributed by atoms with Crippen LogP contribution in [0.3, 0.4) is 0 Å². The molecule has 0 saturated carbocycles. The van der Waals surface area contributed by atoms with Gasteiger partial charge in [-0.15, -0.1) is 0 Å². The van der Waals surface area contributed by atoms with E-state index in [2.05, 4.69) is 36.6 Å². The first kappa shape index (κ1) is 51.7. The van der Waals surface area contributed by atoms with Crippen molar-refractivity contribution in [3.8, 4) is 0 Å². The van der Waals surface area contributed by atoms with Crippen molar-refractivity contribution in [1.82, 2.24) is 26.6 Å². The molecular formula is C33H59N13O12. The van der Waals surface area contributed by atoms with Gasteiger partial charge in [-0.2, -0.15) is 0 Å². The molecule has 0 aromatic carbocycles. The predicted octanol–water partition coefficient (Wildman–Crippen LogP) is -5.03. The molecule has 0 aliphatic heterocycles. The summed E-state index contributed by atoms with van der Waals surface area (Å²) in [5.41, 5.74) is 32.7. The molecule has 6 amide bonds. The van der Waals surface area contributed by atoms with Crippen LogP contribution in [0.2, 0.25) is 0 Å². The molecule has 0 aromatic heterocycles. The van der Waals surface area contributed by atoms with Gasteiger partial charge in [0.1, 0.15) is 30.2 Å². The van der Waals surface area contributed by atoms with Gasteiger partial charge in [0, 0.05) is 32.4 Å². The molecule has 0 spiro atoms. The summed E-state index contributed by atoms with van der Waals surface area (Å²) in [5, 5.41) is 39.6. The van der Waals surface area contributed by atoms with E-state index in [0.29, 0.717) is 6.42 Å². The Morgan fingerprint density at radius 2 is 0.862 bits per heavy atom. The minimum absolute atomic E-state index is 0.0452. The molecule has 0 heterocycles. The summed E-state index contributed by atoms with van der Waals surface area (Å²) in [5.74, 6) is -10.5. The molecule has 328 valence electrons. The Morgan fingerprint density at radius 1 is 0.500 bits per heavy atom. The highest BCUT2D eigenvalue weighted by Crippen LogP contribution is 2.10. The lowest BCUT2D eigenvalue weighted by atomic mass is 10.0. The number of hydrogen-bond acceptors (Lipinski definition) is 12. The maximum absolute atomic E-state index is 13.7. The fraction of sp³-hybridized carbons (Fsp3) is 0.667. The zero-order valence-corrected chi connectivity index (χ0v) is 32.6. The molecule has 20 N–H and O–H groups in total. The van der Waals surface area contributed by atoms with E-state index in [9.17, 15) is 53.4 Å². The molecule has 0 rings (SSSR count). The Hall–Kier alpha value is -6.27. The lowest BCUT2D eigenvalue weighted by Crippen LogP contribution is -2.59. The van der Waals surface area contributed by atoms with Gasteiger partial charge < -0.3 is 76.3 Å². The Labute approximate surface area is 334 Å². The van der Waals surface area contributed by atoms with Gasteiger partial charge in [0.25, 0.3) is 0 Å². The van der Waals surface area contributed by atoms with Crippen LogP contribution >= 0.6 is 0 Å². The summed E-state index contributed by atoms with van der Waals surface area (Å²) in [4.78, 5) is 121. The van der Waals surface area contributed by atoms with Crippen LogP contribution < -0.4 is 61.0 Å². The summed E-state index contributed by atoms with van der Waals surface area (Å²) in [6.45, 7) is 3.63. The van der Waals surface area contributed by atoms with E-state index in [1.165, 1.54) is 0 Å². The quantitative estimate of drug-likeness (QED) is 0.0183. The minimum Gasteiger partial charge on any atom is -0.481 e. The number of amides is 6. The van der Waals surface area contributed by atoms with Crippen molar-refractivity contribution in [3.63, 3.8) is 0 Å². The Bertz CT molecular complexity index is 1500. The fourth-order valence-electron chi connectivity index (χ4n) is 5.11. The van der Waals surface area contributed by atoms with Crippen molar-refractivity contribution in [2.45, 2.75) is 121 Å². The summed E-state index contributed by atoms with van der Waals surface area (Å²) in [6, 6.07) is -8.69. The average molecular weight is 830 g/mol. The second-order valence-corrected chi connectivity index (χ2v) is 13.6. The van der Waals surface area contributed by atoms with Crippen molar-refractivity contribution < 1.29 is 58.5 Å². The molecule has 0 aromatic rings. The van der Waals surface area contributed by atoms with E-state index in [1.54, 1.807) is 13.8 Å². The highest BCUT2D eigenvalue weighted by atomic mass is 16.4. The fourth-order valence-corrected chi connectivity index (χ4v) is 5.11. The van der Waals surface area contributed by atoms with Crippen LogP contribution in [-0.4, -0.2) is 130 Å². The number of aliphatic imine (C=N–C) groups is 2. The molecule has 6 atom stereocenters. The lowest BCUT2D eigenvalue weighted by Gasteiger charge is -2.27. The third-order valence-electron chi connectivity index (χ3n) is 8.08. The normalized spacial score (nSPS) is 13.9. The van der Waals surface area contributed by atoms with Gasteiger partial charge in [0.15, 0.2) is 11.9 Å². The number of aliphatic carboxylic acids is 3. The van der Waals surface area contributed by atoms with Crippen LogP contribution in [-0.2, 0) is 43.2 Å². The van der Waals surface area contributed by atoms with Crippen LogP contribution in [0, 0.1) is 5.92 Å². The molecule has 25 heteroatoms. The van der Waals surface area contributed by atoms with Crippen molar-refractivity contribution in [3.05, 3.63) is 0 Å². The van der Waals surface area contributed by atoms with E-state index in [4.69, 9.17) is 39.5 Å². The SMILES string of the molecule is CC(C)C[C@@H](NC(=O)[C@H](CCC(N)=O)NC(=O)[C@H](CCCN=C(N)N)NC(=O)[C@@H](N)CCCN=C(N)N)C(=O)N[C@@H](CCC(=O)O)C(=O)N[C@@H](CCC(=O)O)C(=O)O. The number of carbonyl (C=O) groups excluding carboxylic acids is 6. The third kappa shape index (κ3) is 23.6. The summed E-state index contributed by atoms with van der Waals surface area (Å²) in [7, 11) is 0. The number of nitrogens with two attached hydrogens (primary N) is 6. The lowest BCUT2D eigenvalue weighted by molar-refractivity contribution is -0.144. The zero-order chi connectivity index (χ0) is 44.5.